The van der Waals surface area contributed by atoms with Crippen molar-refractivity contribution >= 4 is 17.8 Å². The number of benzene rings is 1. The van der Waals surface area contributed by atoms with Gasteiger partial charge < -0.3 is 10.6 Å². The molecule has 1 aromatic heterocycles. The minimum atomic E-state index is -0.650. The second-order valence-electron chi connectivity index (χ2n) is 8.85. The molecule has 2 aromatic rings. The van der Waals surface area contributed by atoms with Crippen LogP contribution in [0.3, 0.4) is 0 Å². The maximum Gasteiger partial charge on any atom is 0.321 e. The lowest BCUT2D eigenvalue weighted by Gasteiger charge is -2.34. The first-order chi connectivity index (χ1) is 15.9. The van der Waals surface area contributed by atoms with Crippen LogP contribution in [0.4, 0.5) is 4.79 Å². The molecule has 1 unspecified atom stereocenters. The predicted octanol–water partition coefficient (Wildman–Crippen LogP) is 2.12. The zero-order valence-corrected chi connectivity index (χ0v) is 19.3. The van der Waals surface area contributed by atoms with Crippen LogP contribution in [0.1, 0.15) is 55.1 Å². The van der Waals surface area contributed by atoms with Gasteiger partial charge in [-0.3, -0.25) is 19.8 Å². The van der Waals surface area contributed by atoms with Gasteiger partial charge in [0, 0.05) is 30.4 Å². The molecule has 0 spiro atoms. The van der Waals surface area contributed by atoms with Crippen molar-refractivity contribution in [2.45, 2.75) is 58.0 Å². The molecule has 176 valence electrons. The number of rotatable bonds is 5. The smallest absolute Gasteiger partial charge is 0.321 e. The van der Waals surface area contributed by atoms with Gasteiger partial charge in [-0.1, -0.05) is 37.5 Å². The highest BCUT2D eigenvalue weighted by Crippen LogP contribution is 2.30. The van der Waals surface area contributed by atoms with E-state index >= 15 is 0 Å². The fourth-order valence-corrected chi connectivity index (χ4v) is 4.89. The number of para-hydroxylation sites is 1. The van der Waals surface area contributed by atoms with Crippen molar-refractivity contribution in [3.05, 3.63) is 47.3 Å². The van der Waals surface area contributed by atoms with Gasteiger partial charge in [0.05, 0.1) is 17.9 Å². The van der Waals surface area contributed by atoms with Gasteiger partial charge in [-0.2, -0.15) is 5.10 Å². The molecule has 1 saturated carbocycles. The van der Waals surface area contributed by atoms with Crippen molar-refractivity contribution in [3.63, 3.8) is 0 Å². The van der Waals surface area contributed by atoms with Crippen LogP contribution in [0, 0.1) is 13.8 Å². The molecule has 0 radical (unpaired) electrons. The van der Waals surface area contributed by atoms with Gasteiger partial charge in [0.2, 0.25) is 11.8 Å². The fraction of sp³-hybridized carbons (Fsp3) is 0.500. The number of amides is 4. The Bertz CT molecular complexity index is 1010. The Morgan fingerprint density at radius 3 is 2.58 bits per heavy atom. The monoisotopic (exact) mass is 452 g/mol. The SMILES string of the molecule is Cc1nn(-c2ccccc2)c(C)c1C1C(=O)NCCN1CC(=O)NC(=O)NC1CCCCC1. The summed E-state index contributed by atoms with van der Waals surface area (Å²) in [7, 11) is 0. The molecule has 2 aliphatic rings. The topological polar surface area (TPSA) is 108 Å². The highest BCUT2D eigenvalue weighted by molar-refractivity contribution is 5.96. The van der Waals surface area contributed by atoms with Gasteiger partial charge in [0.15, 0.2) is 0 Å². The summed E-state index contributed by atoms with van der Waals surface area (Å²) >= 11 is 0. The van der Waals surface area contributed by atoms with Gasteiger partial charge >= 0.3 is 6.03 Å². The molecule has 9 nitrogen and oxygen atoms in total. The van der Waals surface area contributed by atoms with Crippen molar-refractivity contribution in [3.8, 4) is 5.69 Å². The Labute approximate surface area is 193 Å². The average molecular weight is 453 g/mol. The highest BCUT2D eigenvalue weighted by Gasteiger charge is 2.36. The zero-order chi connectivity index (χ0) is 23.4. The number of nitrogens with one attached hydrogen (secondary N) is 3. The summed E-state index contributed by atoms with van der Waals surface area (Å²) < 4.78 is 1.82. The molecule has 1 aromatic carbocycles. The summed E-state index contributed by atoms with van der Waals surface area (Å²) in [5.41, 5.74) is 3.28. The quantitative estimate of drug-likeness (QED) is 0.644. The summed E-state index contributed by atoms with van der Waals surface area (Å²) in [6.45, 7) is 4.70. The molecule has 9 heteroatoms. The number of hydrogen-bond donors (Lipinski definition) is 3. The van der Waals surface area contributed by atoms with Gasteiger partial charge in [-0.05, 0) is 38.8 Å². The van der Waals surface area contributed by atoms with Crippen molar-refractivity contribution in [1.82, 2.24) is 30.6 Å². The van der Waals surface area contributed by atoms with Crippen molar-refractivity contribution in [2.75, 3.05) is 19.6 Å². The number of imide groups is 1. The molecule has 2 heterocycles. The van der Waals surface area contributed by atoms with Crippen molar-refractivity contribution in [1.29, 1.82) is 0 Å². The Kier molecular flexibility index (Phi) is 7.08. The fourth-order valence-electron chi connectivity index (χ4n) is 4.89. The molecule has 0 bridgehead atoms. The molecule has 1 aliphatic carbocycles. The number of urea groups is 1. The van der Waals surface area contributed by atoms with Crippen LogP contribution in [-0.4, -0.2) is 58.2 Å². The van der Waals surface area contributed by atoms with E-state index in [1.807, 2.05) is 53.8 Å². The van der Waals surface area contributed by atoms with Crippen LogP contribution in [0.2, 0.25) is 0 Å². The third-order valence-corrected chi connectivity index (χ3v) is 6.47. The molecule has 4 amide bonds. The molecule has 1 saturated heterocycles. The molecule has 3 N–H and O–H groups in total. The number of hydrogen-bond acceptors (Lipinski definition) is 5. The third-order valence-electron chi connectivity index (χ3n) is 6.47. The molecule has 1 atom stereocenters. The molecule has 4 rings (SSSR count). The first kappa shape index (κ1) is 23.0. The number of aromatic nitrogens is 2. The second kappa shape index (κ2) is 10.2. The predicted molar refractivity (Wildman–Crippen MR) is 124 cm³/mol. The Hall–Kier alpha value is -3.20. The van der Waals surface area contributed by atoms with Crippen molar-refractivity contribution < 1.29 is 14.4 Å². The van der Waals surface area contributed by atoms with Crippen LogP contribution in [0.5, 0.6) is 0 Å². The van der Waals surface area contributed by atoms with Crippen LogP contribution in [-0.2, 0) is 9.59 Å². The van der Waals surface area contributed by atoms with Gasteiger partial charge in [0.25, 0.3) is 0 Å². The van der Waals surface area contributed by atoms with Gasteiger partial charge in [-0.15, -0.1) is 0 Å². The second-order valence-corrected chi connectivity index (χ2v) is 8.85. The van der Waals surface area contributed by atoms with E-state index in [9.17, 15) is 14.4 Å². The lowest BCUT2D eigenvalue weighted by Crippen LogP contribution is -2.54. The summed E-state index contributed by atoms with van der Waals surface area (Å²) in [5, 5.41) is 12.9. The van der Waals surface area contributed by atoms with Crippen LogP contribution in [0.25, 0.3) is 5.69 Å². The molecule has 33 heavy (non-hydrogen) atoms. The lowest BCUT2D eigenvalue weighted by atomic mass is 9.96. The van der Waals surface area contributed by atoms with E-state index < -0.39 is 18.0 Å². The lowest BCUT2D eigenvalue weighted by molar-refractivity contribution is -0.131. The molecular weight excluding hydrogens is 420 g/mol. The van der Waals surface area contributed by atoms with Gasteiger partial charge in [0.1, 0.15) is 6.04 Å². The van der Waals surface area contributed by atoms with E-state index in [1.165, 1.54) is 6.42 Å². The van der Waals surface area contributed by atoms with Crippen LogP contribution in [0.15, 0.2) is 30.3 Å². The minimum Gasteiger partial charge on any atom is -0.353 e. The average Bonchev–Trinajstić information content (AvgIpc) is 3.09. The molecule has 1 aliphatic heterocycles. The van der Waals surface area contributed by atoms with E-state index in [1.54, 1.807) is 0 Å². The number of piperazine rings is 1. The van der Waals surface area contributed by atoms with Crippen molar-refractivity contribution in [2.24, 2.45) is 0 Å². The van der Waals surface area contributed by atoms with Crippen LogP contribution < -0.4 is 16.0 Å². The highest BCUT2D eigenvalue weighted by atomic mass is 16.2. The summed E-state index contributed by atoms with van der Waals surface area (Å²) in [6.07, 6.45) is 5.27. The zero-order valence-electron chi connectivity index (χ0n) is 19.3. The maximum absolute atomic E-state index is 12.9. The Morgan fingerprint density at radius 2 is 1.85 bits per heavy atom. The normalized spacial score (nSPS) is 19.7. The third kappa shape index (κ3) is 5.24. The maximum atomic E-state index is 12.9. The number of carbonyl (C=O) groups excluding carboxylic acids is 3. The van der Waals surface area contributed by atoms with E-state index in [0.29, 0.717) is 13.1 Å². The first-order valence-electron chi connectivity index (χ1n) is 11.7. The largest absolute Gasteiger partial charge is 0.353 e. The Balaban J connectivity index is 1.48. The molecule has 2 fully saturated rings. The van der Waals surface area contributed by atoms with Crippen LogP contribution >= 0.6 is 0 Å². The summed E-state index contributed by atoms with van der Waals surface area (Å²) in [4.78, 5) is 39.7. The van der Waals surface area contributed by atoms with E-state index in [4.69, 9.17) is 0 Å². The van der Waals surface area contributed by atoms with Gasteiger partial charge in [-0.25, -0.2) is 9.48 Å². The number of aryl methyl sites for hydroxylation is 1. The standard InChI is InChI=1S/C24H32N6O3/c1-16-21(17(2)30(28-16)19-11-7-4-8-12-19)22-23(32)25-13-14-29(22)15-20(31)27-24(33)26-18-9-5-3-6-10-18/h4,7-8,11-12,18,22H,3,5-6,9-10,13-15H2,1-2H3,(H,25,32)(H2,26,27,31,33). The molecular formula is C24H32N6O3. The van der Waals surface area contributed by atoms with E-state index in [2.05, 4.69) is 21.0 Å². The van der Waals surface area contributed by atoms with E-state index in [-0.39, 0.29) is 18.5 Å². The minimum absolute atomic E-state index is 0.0500. The number of carbonyl (C=O) groups is 3. The van der Waals surface area contributed by atoms with E-state index in [0.717, 1.165) is 48.3 Å². The number of nitrogens with zero attached hydrogens (tertiary/aromatic N) is 3. The summed E-state index contributed by atoms with van der Waals surface area (Å²) in [5.74, 6) is -0.590. The summed E-state index contributed by atoms with van der Waals surface area (Å²) in [6, 6.07) is 8.74. The Morgan fingerprint density at radius 1 is 1.12 bits per heavy atom. The first-order valence-corrected chi connectivity index (χ1v) is 11.7.